The number of alkyl halides is 1. The molecule has 1 atom stereocenters. The lowest BCUT2D eigenvalue weighted by Gasteiger charge is -2.11. The van der Waals surface area contributed by atoms with Gasteiger partial charge in [0.15, 0.2) is 0 Å². The van der Waals surface area contributed by atoms with E-state index >= 15 is 0 Å². The zero-order valence-corrected chi connectivity index (χ0v) is 12.4. The molecule has 6 nitrogen and oxygen atoms in total. The normalized spacial score (nSPS) is 12.7. The van der Waals surface area contributed by atoms with E-state index in [4.69, 9.17) is 0 Å². The zero-order valence-electron chi connectivity index (χ0n) is 10.8. The summed E-state index contributed by atoms with van der Waals surface area (Å²) in [4.78, 5) is 10.7. The van der Waals surface area contributed by atoms with E-state index < -0.39 is 11.0 Å². The van der Waals surface area contributed by atoms with Crippen molar-refractivity contribution in [3.05, 3.63) is 40.4 Å². The van der Waals surface area contributed by atoms with Crippen LogP contribution in [0.25, 0.3) is 10.9 Å². The van der Waals surface area contributed by atoms with Crippen molar-refractivity contribution in [2.75, 3.05) is 18.4 Å². The molecule has 20 heavy (non-hydrogen) atoms. The molecule has 0 aliphatic carbocycles. The highest BCUT2D eigenvalue weighted by molar-refractivity contribution is 9.09. The molecule has 1 aromatic carbocycles. The van der Waals surface area contributed by atoms with Crippen LogP contribution in [0.15, 0.2) is 30.3 Å². The molecule has 0 fully saturated rings. The van der Waals surface area contributed by atoms with Crippen molar-refractivity contribution in [2.45, 2.75) is 12.6 Å². The highest BCUT2D eigenvalue weighted by atomic mass is 79.9. The number of hydrogen-bond acceptors (Lipinski definition) is 4. The average Bonchev–Trinajstić information content (AvgIpc) is 2.78. The van der Waals surface area contributed by atoms with Crippen LogP contribution in [0, 0.1) is 10.1 Å². The van der Waals surface area contributed by atoms with Crippen LogP contribution in [0.4, 0.5) is 5.82 Å². The van der Waals surface area contributed by atoms with Gasteiger partial charge in [0.05, 0.1) is 0 Å². The molecule has 0 aliphatic rings. The fourth-order valence-corrected chi connectivity index (χ4v) is 2.43. The number of halogens is 1. The van der Waals surface area contributed by atoms with Crippen molar-refractivity contribution < 1.29 is 10.0 Å². The second kappa shape index (κ2) is 6.83. The lowest BCUT2D eigenvalue weighted by atomic mass is 10.2. The van der Waals surface area contributed by atoms with E-state index in [1.807, 2.05) is 24.3 Å². The highest BCUT2D eigenvalue weighted by Gasteiger charge is 2.20. The minimum atomic E-state index is -0.677. The first-order chi connectivity index (χ1) is 9.63. The van der Waals surface area contributed by atoms with Crippen molar-refractivity contribution >= 4 is 32.7 Å². The quantitative estimate of drug-likeness (QED) is 0.349. The number of nitro groups is 1. The van der Waals surface area contributed by atoms with Crippen LogP contribution in [0.3, 0.4) is 0 Å². The molecule has 0 aliphatic heterocycles. The summed E-state index contributed by atoms with van der Waals surface area (Å²) in [5.41, 5.74) is 0.763. The van der Waals surface area contributed by atoms with E-state index in [1.165, 1.54) is 6.07 Å². The molecule has 0 amide bonds. The topological polar surface area (TPSA) is 80.3 Å². The van der Waals surface area contributed by atoms with Crippen LogP contribution in [-0.2, 0) is 6.54 Å². The smallest absolute Gasteiger partial charge is 0.324 e. The fraction of sp³-hybridized carbons (Fsp3) is 0.385. The van der Waals surface area contributed by atoms with E-state index in [-0.39, 0.29) is 12.4 Å². The van der Waals surface area contributed by atoms with Gasteiger partial charge in [0.2, 0.25) is 0 Å². The predicted octanol–water partition coefficient (Wildman–Crippen LogP) is 1.89. The maximum Gasteiger partial charge on any atom is 0.324 e. The van der Waals surface area contributed by atoms with Crippen molar-refractivity contribution in [2.24, 2.45) is 0 Å². The molecule has 0 unspecified atom stereocenters. The Kier molecular flexibility index (Phi) is 5.11. The van der Waals surface area contributed by atoms with E-state index in [0.717, 1.165) is 22.8 Å². The summed E-state index contributed by atoms with van der Waals surface area (Å²) >= 11 is 3.28. The number of fused-ring (bicyclic) bond motifs is 1. The van der Waals surface area contributed by atoms with Gasteiger partial charge in [0, 0.05) is 29.9 Å². The standard InChI is InChI=1S/C13H16BrN3O3/c14-5-6-15-8-11(18)9-16-12-4-2-1-3-10(12)7-13(16)17(19)20/h1-4,7,11,15,18H,5-6,8-9H2/t11-/m0/s1. The molecule has 2 aromatic rings. The number of hydrogen-bond donors (Lipinski definition) is 2. The molecule has 2 rings (SSSR count). The number of benzene rings is 1. The molecule has 1 heterocycles. The predicted molar refractivity (Wildman–Crippen MR) is 81.3 cm³/mol. The number of aromatic nitrogens is 1. The van der Waals surface area contributed by atoms with Crippen molar-refractivity contribution in [1.29, 1.82) is 0 Å². The van der Waals surface area contributed by atoms with Crippen LogP contribution in [-0.4, -0.2) is 39.1 Å². The Bertz CT molecular complexity index is 600. The van der Waals surface area contributed by atoms with Crippen molar-refractivity contribution in [1.82, 2.24) is 9.88 Å². The molecule has 2 N–H and O–H groups in total. The van der Waals surface area contributed by atoms with Crippen LogP contribution >= 0.6 is 15.9 Å². The molecule has 0 saturated carbocycles. The van der Waals surface area contributed by atoms with Gasteiger partial charge in [0.25, 0.3) is 0 Å². The maximum absolute atomic E-state index is 11.1. The first-order valence-electron chi connectivity index (χ1n) is 6.31. The number of aliphatic hydroxyl groups is 1. The summed E-state index contributed by atoms with van der Waals surface area (Å²) in [6.45, 7) is 1.33. The summed E-state index contributed by atoms with van der Waals surface area (Å²) in [7, 11) is 0. The first-order valence-corrected chi connectivity index (χ1v) is 7.43. The van der Waals surface area contributed by atoms with Crippen LogP contribution < -0.4 is 5.32 Å². The van der Waals surface area contributed by atoms with Gasteiger partial charge in [-0.1, -0.05) is 34.1 Å². The third-order valence-corrected chi connectivity index (χ3v) is 3.42. The Morgan fingerprint density at radius 2 is 2.20 bits per heavy atom. The highest BCUT2D eigenvalue weighted by Crippen LogP contribution is 2.25. The van der Waals surface area contributed by atoms with Crippen LogP contribution in [0.5, 0.6) is 0 Å². The molecular weight excluding hydrogens is 326 g/mol. The van der Waals surface area contributed by atoms with E-state index in [0.29, 0.717) is 6.54 Å². The fourth-order valence-electron chi connectivity index (χ4n) is 2.15. The van der Waals surface area contributed by atoms with Gasteiger partial charge in [-0.15, -0.1) is 0 Å². The van der Waals surface area contributed by atoms with Crippen LogP contribution in [0.1, 0.15) is 0 Å². The number of rotatable bonds is 7. The lowest BCUT2D eigenvalue weighted by Crippen LogP contribution is -2.31. The summed E-state index contributed by atoms with van der Waals surface area (Å²) in [6.07, 6.45) is -0.677. The van der Waals surface area contributed by atoms with Gasteiger partial charge in [0.1, 0.15) is 18.2 Å². The minimum absolute atomic E-state index is 0.00532. The Balaban J connectivity index is 2.23. The van der Waals surface area contributed by atoms with Gasteiger partial charge in [-0.05, 0) is 11.0 Å². The van der Waals surface area contributed by atoms with Gasteiger partial charge in [-0.25, -0.2) is 4.57 Å². The van der Waals surface area contributed by atoms with E-state index in [1.54, 1.807) is 4.57 Å². The second-order valence-corrected chi connectivity index (χ2v) is 5.27. The third-order valence-electron chi connectivity index (χ3n) is 3.02. The lowest BCUT2D eigenvalue weighted by molar-refractivity contribution is -0.392. The van der Waals surface area contributed by atoms with E-state index in [9.17, 15) is 15.2 Å². The van der Waals surface area contributed by atoms with Gasteiger partial charge >= 0.3 is 5.82 Å². The molecule has 108 valence electrons. The second-order valence-electron chi connectivity index (χ2n) is 4.48. The Labute approximate surface area is 124 Å². The third kappa shape index (κ3) is 3.36. The number of aliphatic hydroxyl groups excluding tert-OH is 1. The minimum Gasteiger partial charge on any atom is -0.388 e. The monoisotopic (exact) mass is 341 g/mol. The summed E-state index contributed by atoms with van der Waals surface area (Å²) in [6, 6.07) is 8.85. The zero-order chi connectivity index (χ0) is 14.5. The van der Waals surface area contributed by atoms with E-state index in [2.05, 4.69) is 21.2 Å². The van der Waals surface area contributed by atoms with Gasteiger partial charge in [-0.2, -0.15) is 0 Å². The Morgan fingerprint density at radius 1 is 1.45 bits per heavy atom. The Hall–Kier alpha value is -1.44. The molecule has 1 aromatic heterocycles. The molecule has 0 bridgehead atoms. The maximum atomic E-state index is 11.1. The first kappa shape index (κ1) is 15.0. The molecular formula is C13H16BrN3O3. The van der Waals surface area contributed by atoms with Gasteiger partial charge < -0.3 is 20.5 Å². The molecule has 7 heteroatoms. The summed E-state index contributed by atoms with van der Waals surface area (Å²) < 4.78 is 1.55. The van der Waals surface area contributed by atoms with Crippen molar-refractivity contribution in [3.63, 3.8) is 0 Å². The Morgan fingerprint density at radius 3 is 2.90 bits per heavy atom. The summed E-state index contributed by atoms with van der Waals surface area (Å²) in [5, 5.41) is 25.8. The largest absolute Gasteiger partial charge is 0.388 e. The van der Waals surface area contributed by atoms with Gasteiger partial charge in [-0.3, -0.25) is 0 Å². The number of nitrogens with one attached hydrogen (secondary N) is 1. The molecule has 0 saturated heterocycles. The molecule has 0 spiro atoms. The average molecular weight is 342 g/mol. The number of para-hydroxylation sites is 1. The molecule has 0 radical (unpaired) electrons. The number of nitrogens with zero attached hydrogens (tertiary/aromatic N) is 2. The summed E-state index contributed by atoms with van der Waals surface area (Å²) in [5.74, 6) is 0.00532. The van der Waals surface area contributed by atoms with Crippen molar-refractivity contribution in [3.8, 4) is 0 Å². The van der Waals surface area contributed by atoms with Crippen LogP contribution in [0.2, 0.25) is 0 Å². The SMILES string of the molecule is O=[N+]([O-])c1cc2ccccc2n1C[C@@H](O)CNCCBr.